The minimum absolute atomic E-state index is 0.230. The maximum absolute atomic E-state index is 5.22. The quantitative estimate of drug-likeness (QED) is 0.370. The number of hydrazone groups is 1. The molecule has 1 saturated carbocycles. The number of nitrogens with zero attached hydrogens (tertiary/aromatic N) is 1. The summed E-state index contributed by atoms with van der Waals surface area (Å²) in [6, 6.07) is 0. The van der Waals surface area contributed by atoms with E-state index in [0.29, 0.717) is 5.41 Å². The molecular weight excluding hydrogens is 158 g/mol. The fourth-order valence-electron chi connectivity index (χ4n) is 0.823. The highest BCUT2D eigenvalue weighted by Crippen LogP contribution is 2.46. The summed E-state index contributed by atoms with van der Waals surface area (Å²) in [6.07, 6.45) is 2.45. The Labute approximate surface area is 72.0 Å². The molecule has 1 fully saturated rings. The molecule has 0 aromatic carbocycles. The topological polar surface area (TPSA) is 50.4 Å². The molecule has 0 aromatic heterocycles. The zero-order valence-corrected chi connectivity index (χ0v) is 7.66. The van der Waals surface area contributed by atoms with Crippen LogP contribution < -0.4 is 11.2 Å². The van der Waals surface area contributed by atoms with Crippen LogP contribution in [0.15, 0.2) is 5.10 Å². The Kier molecular flexibility index (Phi) is 2.13. The maximum Gasteiger partial charge on any atom is 0.184 e. The Balaban J connectivity index is 2.46. The predicted octanol–water partition coefficient (Wildman–Crippen LogP) is 0.996. The average molecular weight is 171 g/mol. The second-order valence-corrected chi connectivity index (χ2v) is 3.67. The molecule has 1 aliphatic carbocycles. The lowest BCUT2D eigenvalue weighted by Crippen LogP contribution is -2.26. The molecule has 0 radical (unpaired) electrons. The van der Waals surface area contributed by atoms with Gasteiger partial charge in [-0.25, -0.2) is 0 Å². The largest absolute Gasteiger partial charge is 0.375 e. The highest BCUT2D eigenvalue weighted by atomic mass is 32.1. The smallest absolute Gasteiger partial charge is 0.184 e. The van der Waals surface area contributed by atoms with Gasteiger partial charge in [0, 0.05) is 11.1 Å². The van der Waals surface area contributed by atoms with Gasteiger partial charge in [-0.3, -0.25) is 5.43 Å². The molecule has 3 nitrogen and oxygen atoms in total. The van der Waals surface area contributed by atoms with E-state index in [0.717, 1.165) is 5.71 Å². The molecule has 0 amide bonds. The van der Waals surface area contributed by atoms with Crippen LogP contribution in [0.2, 0.25) is 0 Å². The zero-order valence-electron chi connectivity index (χ0n) is 6.85. The molecule has 0 aliphatic heterocycles. The van der Waals surface area contributed by atoms with Crippen LogP contribution in [0.4, 0.5) is 0 Å². The van der Waals surface area contributed by atoms with Crippen LogP contribution in [-0.2, 0) is 0 Å². The fourth-order valence-corrected chi connectivity index (χ4v) is 0.869. The third kappa shape index (κ3) is 2.15. The Morgan fingerprint density at radius 2 is 2.18 bits per heavy atom. The molecule has 0 atom stereocenters. The number of hydrogen-bond donors (Lipinski definition) is 2. The van der Waals surface area contributed by atoms with Crippen molar-refractivity contribution in [1.82, 2.24) is 5.43 Å². The van der Waals surface area contributed by atoms with Crippen LogP contribution in [0.3, 0.4) is 0 Å². The van der Waals surface area contributed by atoms with Crippen molar-refractivity contribution in [2.75, 3.05) is 0 Å². The number of nitrogens with one attached hydrogen (secondary N) is 1. The van der Waals surface area contributed by atoms with Gasteiger partial charge in [-0.05, 0) is 32.0 Å². The predicted molar refractivity (Wildman–Crippen MR) is 50.4 cm³/mol. The molecule has 0 heterocycles. The van der Waals surface area contributed by atoms with Gasteiger partial charge in [-0.1, -0.05) is 6.92 Å². The van der Waals surface area contributed by atoms with Crippen molar-refractivity contribution in [2.24, 2.45) is 16.3 Å². The van der Waals surface area contributed by atoms with Crippen LogP contribution in [0.1, 0.15) is 26.7 Å². The highest BCUT2D eigenvalue weighted by molar-refractivity contribution is 7.80. The van der Waals surface area contributed by atoms with Crippen molar-refractivity contribution in [3.05, 3.63) is 0 Å². The summed E-state index contributed by atoms with van der Waals surface area (Å²) in [4.78, 5) is 0. The molecule has 0 bridgehead atoms. The number of hydrogen-bond acceptors (Lipinski definition) is 2. The first-order valence-electron chi connectivity index (χ1n) is 3.65. The molecule has 0 unspecified atom stereocenters. The number of nitrogens with two attached hydrogens (primary N) is 1. The van der Waals surface area contributed by atoms with Crippen molar-refractivity contribution in [3.8, 4) is 0 Å². The first-order chi connectivity index (χ1) is 5.04. The van der Waals surface area contributed by atoms with E-state index < -0.39 is 0 Å². The molecule has 11 heavy (non-hydrogen) atoms. The van der Waals surface area contributed by atoms with E-state index in [2.05, 4.69) is 29.7 Å². The van der Waals surface area contributed by atoms with Gasteiger partial charge >= 0.3 is 0 Å². The third-order valence-electron chi connectivity index (χ3n) is 2.21. The van der Waals surface area contributed by atoms with Gasteiger partial charge in [-0.2, -0.15) is 5.10 Å². The van der Waals surface area contributed by atoms with Crippen molar-refractivity contribution >= 4 is 23.0 Å². The molecule has 0 aromatic rings. The van der Waals surface area contributed by atoms with E-state index in [-0.39, 0.29) is 5.11 Å². The van der Waals surface area contributed by atoms with Crippen molar-refractivity contribution in [3.63, 3.8) is 0 Å². The van der Waals surface area contributed by atoms with E-state index in [4.69, 9.17) is 5.73 Å². The fraction of sp³-hybridized carbons (Fsp3) is 0.714. The SMILES string of the molecule is CC(=NNC(N)=S)C1(C)CC1. The van der Waals surface area contributed by atoms with Crippen LogP contribution in [0.5, 0.6) is 0 Å². The molecule has 62 valence electrons. The number of rotatable bonds is 2. The minimum Gasteiger partial charge on any atom is -0.375 e. The normalized spacial score (nSPS) is 21.1. The Morgan fingerprint density at radius 1 is 1.64 bits per heavy atom. The number of thiocarbonyl (C=S) groups is 1. The molecule has 0 saturated heterocycles. The van der Waals surface area contributed by atoms with Gasteiger partial charge in [-0.15, -0.1) is 0 Å². The molecule has 1 rings (SSSR count). The second kappa shape index (κ2) is 2.77. The van der Waals surface area contributed by atoms with Crippen LogP contribution in [0, 0.1) is 5.41 Å². The van der Waals surface area contributed by atoms with E-state index in [9.17, 15) is 0 Å². The summed E-state index contributed by atoms with van der Waals surface area (Å²) in [5, 5.41) is 4.29. The van der Waals surface area contributed by atoms with Crippen molar-refractivity contribution < 1.29 is 0 Å². The third-order valence-corrected chi connectivity index (χ3v) is 2.30. The zero-order chi connectivity index (χ0) is 8.48. The van der Waals surface area contributed by atoms with E-state index in [1.807, 2.05) is 6.92 Å². The monoisotopic (exact) mass is 171 g/mol. The molecule has 0 spiro atoms. The van der Waals surface area contributed by atoms with Gasteiger partial charge < -0.3 is 5.73 Å². The lowest BCUT2D eigenvalue weighted by atomic mass is 10.1. The van der Waals surface area contributed by atoms with E-state index in [1.165, 1.54) is 12.8 Å². The van der Waals surface area contributed by atoms with Gasteiger partial charge in [0.15, 0.2) is 5.11 Å². The van der Waals surface area contributed by atoms with Crippen molar-refractivity contribution in [1.29, 1.82) is 0 Å². The minimum atomic E-state index is 0.230. The molecule has 4 heteroatoms. The summed E-state index contributed by atoms with van der Waals surface area (Å²) in [5.41, 5.74) is 9.21. The summed E-state index contributed by atoms with van der Waals surface area (Å²) in [5.74, 6) is 0. The van der Waals surface area contributed by atoms with Gasteiger partial charge in [0.2, 0.25) is 0 Å². The summed E-state index contributed by atoms with van der Waals surface area (Å²) >= 11 is 4.62. The van der Waals surface area contributed by atoms with Gasteiger partial charge in [0.1, 0.15) is 0 Å². The first kappa shape index (κ1) is 8.46. The maximum atomic E-state index is 5.22. The van der Waals surface area contributed by atoms with Crippen LogP contribution in [0.25, 0.3) is 0 Å². The second-order valence-electron chi connectivity index (χ2n) is 3.23. The lowest BCUT2D eigenvalue weighted by molar-refractivity contribution is 0.782. The first-order valence-corrected chi connectivity index (χ1v) is 4.06. The van der Waals surface area contributed by atoms with Gasteiger partial charge in [0.25, 0.3) is 0 Å². The Hall–Kier alpha value is -0.640. The highest BCUT2D eigenvalue weighted by Gasteiger charge is 2.40. The van der Waals surface area contributed by atoms with E-state index in [1.54, 1.807) is 0 Å². The summed E-state index contributed by atoms with van der Waals surface area (Å²) < 4.78 is 0. The average Bonchev–Trinajstić information content (AvgIpc) is 2.64. The van der Waals surface area contributed by atoms with Crippen molar-refractivity contribution in [2.45, 2.75) is 26.7 Å². The van der Waals surface area contributed by atoms with Gasteiger partial charge in [0.05, 0.1) is 0 Å². The Morgan fingerprint density at radius 3 is 2.55 bits per heavy atom. The standard InChI is InChI=1S/C7H13N3S/c1-5(7(2)3-4-7)9-10-6(8)11/h3-4H2,1-2H3,(H3,8,10,11). The Bertz CT molecular complexity index is 206. The molecule has 1 aliphatic rings. The summed E-state index contributed by atoms with van der Waals surface area (Å²) in [6.45, 7) is 4.19. The molecule has 3 N–H and O–H groups in total. The lowest BCUT2D eigenvalue weighted by Gasteiger charge is -2.06. The van der Waals surface area contributed by atoms with Crippen LogP contribution in [-0.4, -0.2) is 10.8 Å². The van der Waals surface area contributed by atoms with Crippen LogP contribution >= 0.6 is 12.2 Å². The summed E-state index contributed by atoms with van der Waals surface area (Å²) in [7, 11) is 0. The molecular formula is C7H13N3S. The van der Waals surface area contributed by atoms with E-state index >= 15 is 0 Å².